The summed E-state index contributed by atoms with van der Waals surface area (Å²) in [5.41, 5.74) is 1.97. The maximum atomic E-state index is 13.3. The summed E-state index contributed by atoms with van der Waals surface area (Å²) < 4.78 is 20.1. The van der Waals surface area contributed by atoms with Crippen molar-refractivity contribution < 1.29 is 13.9 Å². The molecule has 0 radical (unpaired) electrons. The molecule has 0 heterocycles. The van der Waals surface area contributed by atoms with Gasteiger partial charge in [-0.15, -0.1) is 0 Å². The Labute approximate surface area is 154 Å². The van der Waals surface area contributed by atoms with Crippen LogP contribution in [-0.2, 0) is 16.1 Å². The standard InChI is InChI=1S/C20H17BrFNO2/c21-15-9-10-19(25-13-14-5-2-1-3-6-14)18(11-15)20(24)23-17-8-4-7-16(22)12-17/h1-9,11-12,19H,10,13H2,(H,23,24). The second-order valence-electron chi connectivity index (χ2n) is 5.67. The molecule has 128 valence electrons. The molecular weight excluding hydrogens is 385 g/mol. The normalized spacial score (nSPS) is 16.8. The minimum absolute atomic E-state index is 0.297. The third kappa shape index (κ3) is 4.87. The van der Waals surface area contributed by atoms with Gasteiger partial charge in [-0.25, -0.2) is 4.39 Å². The second-order valence-corrected chi connectivity index (χ2v) is 6.59. The highest BCUT2D eigenvalue weighted by atomic mass is 79.9. The maximum Gasteiger partial charge on any atom is 0.254 e. The van der Waals surface area contributed by atoms with Crippen molar-refractivity contribution in [3.05, 3.63) is 88.2 Å². The Morgan fingerprint density at radius 2 is 2.00 bits per heavy atom. The molecule has 3 nitrogen and oxygen atoms in total. The van der Waals surface area contributed by atoms with E-state index in [1.807, 2.05) is 36.4 Å². The first-order chi connectivity index (χ1) is 12.1. The number of nitrogens with one attached hydrogen (secondary N) is 1. The number of amides is 1. The minimum atomic E-state index is -0.395. The number of carbonyl (C=O) groups excluding carboxylic acids is 1. The van der Waals surface area contributed by atoms with Gasteiger partial charge < -0.3 is 10.1 Å². The lowest BCUT2D eigenvalue weighted by Gasteiger charge is -2.22. The third-order valence-electron chi connectivity index (χ3n) is 3.81. The van der Waals surface area contributed by atoms with E-state index in [-0.39, 0.29) is 12.0 Å². The van der Waals surface area contributed by atoms with Gasteiger partial charge in [0.2, 0.25) is 0 Å². The fraction of sp³-hybridized carbons (Fsp3) is 0.150. The van der Waals surface area contributed by atoms with Crippen LogP contribution < -0.4 is 5.32 Å². The van der Waals surface area contributed by atoms with Crippen molar-refractivity contribution in [2.24, 2.45) is 0 Å². The van der Waals surface area contributed by atoms with E-state index < -0.39 is 5.82 Å². The summed E-state index contributed by atoms with van der Waals surface area (Å²) >= 11 is 3.41. The molecular formula is C20H17BrFNO2. The van der Waals surface area contributed by atoms with Gasteiger partial charge >= 0.3 is 0 Å². The summed E-state index contributed by atoms with van der Waals surface area (Å²) in [4.78, 5) is 12.6. The van der Waals surface area contributed by atoms with E-state index in [0.29, 0.717) is 24.3 Å². The average molecular weight is 402 g/mol. The molecule has 0 aromatic heterocycles. The Hall–Kier alpha value is -2.24. The van der Waals surface area contributed by atoms with E-state index in [4.69, 9.17) is 4.74 Å². The Morgan fingerprint density at radius 1 is 1.20 bits per heavy atom. The number of hydrogen-bond donors (Lipinski definition) is 1. The first-order valence-electron chi connectivity index (χ1n) is 7.91. The molecule has 0 bridgehead atoms. The van der Waals surface area contributed by atoms with E-state index in [1.165, 1.54) is 12.1 Å². The number of benzene rings is 2. The van der Waals surface area contributed by atoms with Crippen LogP contribution in [0, 0.1) is 5.82 Å². The molecule has 1 atom stereocenters. The predicted octanol–water partition coefficient (Wildman–Crippen LogP) is 4.96. The second kappa shape index (κ2) is 8.23. The van der Waals surface area contributed by atoms with E-state index >= 15 is 0 Å². The Kier molecular flexibility index (Phi) is 5.79. The highest BCUT2D eigenvalue weighted by molar-refractivity contribution is 9.11. The van der Waals surface area contributed by atoms with Crippen LogP contribution in [0.2, 0.25) is 0 Å². The highest BCUT2D eigenvalue weighted by Crippen LogP contribution is 2.26. The van der Waals surface area contributed by atoms with Gasteiger partial charge in [0.25, 0.3) is 5.91 Å². The summed E-state index contributed by atoms with van der Waals surface area (Å²) in [6.45, 7) is 0.418. The lowest BCUT2D eigenvalue weighted by Crippen LogP contribution is -2.27. The number of ether oxygens (including phenoxy) is 1. The lowest BCUT2D eigenvalue weighted by atomic mass is 10.0. The van der Waals surface area contributed by atoms with Gasteiger partial charge in [-0.2, -0.15) is 0 Å². The van der Waals surface area contributed by atoms with Crippen molar-refractivity contribution in [2.75, 3.05) is 5.32 Å². The Bertz CT molecular complexity index is 817. The van der Waals surface area contributed by atoms with Crippen LogP contribution in [-0.4, -0.2) is 12.0 Å². The van der Waals surface area contributed by atoms with Gasteiger partial charge in [0.1, 0.15) is 5.82 Å². The van der Waals surface area contributed by atoms with Crippen LogP contribution in [0.15, 0.2) is 76.8 Å². The molecule has 1 aliphatic rings. The molecule has 2 aromatic rings. The van der Waals surface area contributed by atoms with Gasteiger partial charge in [-0.3, -0.25) is 4.79 Å². The average Bonchev–Trinajstić information content (AvgIpc) is 2.61. The largest absolute Gasteiger partial charge is 0.368 e. The molecule has 1 unspecified atom stereocenters. The first-order valence-corrected chi connectivity index (χ1v) is 8.71. The summed E-state index contributed by atoms with van der Waals surface area (Å²) in [5.74, 6) is -0.693. The molecule has 25 heavy (non-hydrogen) atoms. The SMILES string of the molecule is O=C(Nc1cccc(F)c1)C1=CC(Br)=CCC1OCc1ccccc1. The van der Waals surface area contributed by atoms with Crippen molar-refractivity contribution in [1.29, 1.82) is 0 Å². The zero-order chi connectivity index (χ0) is 17.6. The van der Waals surface area contributed by atoms with E-state index in [2.05, 4.69) is 21.2 Å². The van der Waals surface area contributed by atoms with E-state index in [9.17, 15) is 9.18 Å². The zero-order valence-corrected chi connectivity index (χ0v) is 15.0. The molecule has 1 amide bonds. The van der Waals surface area contributed by atoms with Crippen LogP contribution in [0.3, 0.4) is 0 Å². The lowest BCUT2D eigenvalue weighted by molar-refractivity contribution is -0.114. The quantitative estimate of drug-likeness (QED) is 0.768. The molecule has 5 heteroatoms. The van der Waals surface area contributed by atoms with Gasteiger partial charge in [-0.1, -0.05) is 58.4 Å². The van der Waals surface area contributed by atoms with Crippen LogP contribution in [0.25, 0.3) is 0 Å². The molecule has 0 aliphatic heterocycles. The Morgan fingerprint density at radius 3 is 2.76 bits per heavy atom. The van der Waals surface area contributed by atoms with E-state index in [0.717, 1.165) is 10.0 Å². The van der Waals surface area contributed by atoms with Crippen molar-refractivity contribution >= 4 is 27.5 Å². The third-order valence-corrected chi connectivity index (χ3v) is 4.36. The molecule has 1 aliphatic carbocycles. The van der Waals surface area contributed by atoms with Crippen LogP contribution in [0.4, 0.5) is 10.1 Å². The summed E-state index contributed by atoms with van der Waals surface area (Å²) in [7, 11) is 0. The Balaban J connectivity index is 1.71. The van der Waals surface area contributed by atoms with Crippen molar-refractivity contribution in [2.45, 2.75) is 19.1 Å². The molecule has 0 fully saturated rings. The zero-order valence-electron chi connectivity index (χ0n) is 13.4. The van der Waals surface area contributed by atoms with Crippen LogP contribution in [0.5, 0.6) is 0 Å². The van der Waals surface area contributed by atoms with Crippen molar-refractivity contribution in [1.82, 2.24) is 0 Å². The van der Waals surface area contributed by atoms with Gasteiger partial charge in [0.05, 0.1) is 12.7 Å². The van der Waals surface area contributed by atoms with Gasteiger partial charge in [-0.05, 0) is 36.3 Å². The monoisotopic (exact) mass is 401 g/mol. The van der Waals surface area contributed by atoms with Crippen molar-refractivity contribution in [3.63, 3.8) is 0 Å². The minimum Gasteiger partial charge on any atom is -0.368 e. The van der Waals surface area contributed by atoms with Gasteiger partial charge in [0, 0.05) is 15.7 Å². The molecule has 2 aromatic carbocycles. The first kappa shape index (κ1) is 17.6. The predicted molar refractivity (Wildman–Crippen MR) is 99.8 cm³/mol. The highest BCUT2D eigenvalue weighted by Gasteiger charge is 2.24. The fourth-order valence-electron chi connectivity index (χ4n) is 2.56. The fourth-order valence-corrected chi connectivity index (χ4v) is 2.99. The van der Waals surface area contributed by atoms with Crippen molar-refractivity contribution in [3.8, 4) is 0 Å². The maximum absolute atomic E-state index is 13.3. The summed E-state index contributed by atoms with van der Waals surface area (Å²) in [6.07, 6.45) is 3.95. The van der Waals surface area contributed by atoms with E-state index in [1.54, 1.807) is 18.2 Å². The van der Waals surface area contributed by atoms with Crippen LogP contribution >= 0.6 is 15.9 Å². The number of anilines is 1. The molecule has 0 spiro atoms. The van der Waals surface area contributed by atoms with Crippen LogP contribution in [0.1, 0.15) is 12.0 Å². The number of hydrogen-bond acceptors (Lipinski definition) is 2. The summed E-state index contributed by atoms with van der Waals surface area (Å²) in [6, 6.07) is 15.6. The number of allylic oxidation sites excluding steroid dienone is 2. The number of carbonyl (C=O) groups is 1. The topological polar surface area (TPSA) is 38.3 Å². The smallest absolute Gasteiger partial charge is 0.254 e. The molecule has 0 saturated carbocycles. The molecule has 0 saturated heterocycles. The van der Waals surface area contributed by atoms with Gasteiger partial charge in [0.15, 0.2) is 0 Å². The molecule has 1 N–H and O–H groups in total. The molecule has 3 rings (SSSR count). The number of rotatable bonds is 5. The summed E-state index contributed by atoms with van der Waals surface area (Å²) in [5, 5.41) is 2.73. The number of halogens is 2.